The molecule has 0 amide bonds. The molecule has 1 atom stereocenters. The van der Waals surface area contributed by atoms with Gasteiger partial charge in [0.2, 0.25) is 0 Å². The Morgan fingerprint density at radius 2 is 1.72 bits per heavy atom. The molecule has 0 aromatic heterocycles. The molecular formula is C22H30N2O. The van der Waals surface area contributed by atoms with Crippen molar-refractivity contribution in [3.05, 3.63) is 64.7 Å². The number of aliphatic hydroxyl groups excluding tert-OH is 1. The third-order valence-electron chi connectivity index (χ3n) is 5.08. The number of likely N-dealkylation sites (tertiary alicyclic amines) is 1. The Hall–Kier alpha value is -1.84. The average molecular weight is 338 g/mol. The monoisotopic (exact) mass is 338 g/mol. The van der Waals surface area contributed by atoms with E-state index in [0.717, 1.165) is 32.5 Å². The minimum Gasteiger partial charge on any atom is -0.393 e. The highest BCUT2D eigenvalue weighted by Gasteiger charge is 2.18. The second-order valence-electron chi connectivity index (χ2n) is 7.45. The second kappa shape index (κ2) is 8.03. The van der Waals surface area contributed by atoms with Crippen LogP contribution < -0.4 is 5.32 Å². The van der Waals surface area contributed by atoms with Gasteiger partial charge < -0.3 is 10.4 Å². The molecule has 134 valence electrons. The van der Waals surface area contributed by atoms with Gasteiger partial charge in [-0.05, 0) is 50.8 Å². The normalized spacial score (nSPS) is 17.4. The van der Waals surface area contributed by atoms with Crippen LogP contribution in [0.5, 0.6) is 0 Å². The standard InChI is InChI=1S/C22H30N2O/c1-16-12-17(2)14-20(13-16)18(3)23-22-7-5-4-6-19(22)15-24-10-8-21(25)9-11-24/h4-7,12-14,18,21,23,25H,8-11,15H2,1-3H3. The highest BCUT2D eigenvalue weighted by atomic mass is 16.3. The maximum Gasteiger partial charge on any atom is 0.0564 e. The largest absolute Gasteiger partial charge is 0.393 e. The number of hydrogen-bond donors (Lipinski definition) is 2. The van der Waals surface area contributed by atoms with E-state index in [2.05, 4.69) is 73.5 Å². The van der Waals surface area contributed by atoms with E-state index in [4.69, 9.17) is 0 Å². The number of para-hydroxylation sites is 1. The number of piperidine rings is 1. The van der Waals surface area contributed by atoms with Crippen molar-refractivity contribution >= 4 is 5.69 Å². The van der Waals surface area contributed by atoms with Crippen LogP contribution in [0.2, 0.25) is 0 Å². The second-order valence-corrected chi connectivity index (χ2v) is 7.45. The van der Waals surface area contributed by atoms with E-state index in [0.29, 0.717) is 0 Å². The molecule has 1 aliphatic heterocycles. The van der Waals surface area contributed by atoms with Gasteiger partial charge in [-0.2, -0.15) is 0 Å². The van der Waals surface area contributed by atoms with Crippen LogP contribution in [0.1, 0.15) is 48.1 Å². The molecule has 1 fully saturated rings. The molecule has 3 heteroatoms. The van der Waals surface area contributed by atoms with Crippen molar-refractivity contribution in [3.63, 3.8) is 0 Å². The molecular weight excluding hydrogens is 308 g/mol. The molecule has 1 unspecified atom stereocenters. The van der Waals surface area contributed by atoms with Crippen LogP contribution in [0.3, 0.4) is 0 Å². The molecule has 2 N–H and O–H groups in total. The molecule has 2 aromatic carbocycles. The summed E-state index contributed by atoms with van der Waals surface area (Å²) in [4.78, 5) is 2.44. The third kappa shape index (κ3) is 4.83. The molecule has 0 radical (unpaired) electrons. The highest BCUT2D eigenvalue weighted by Crippen LogP contribution is 2.25. The molecule has 0 spiro atoms. The highest BCUT2D eigenvalue weighted by molar-refractivity contribution is 5.53. The van der Waals surface area contributed by atoms with Crippen LogP contribution >= 0.6 is 0 Å². The number of aliphatic hydroxyl groups is 1. The fourth-order valence-electron chi connectivity index (χ4n) is 3.69. The number of anilines is 1. The Morgan fingerprint density at radius 3 is 2.40 bits per heavy atom. The fraction of sp³-hybridized carbons (Fsp3) is 0.455. The van der Waals surface area contributed by atoms with Crippen molar-refractivity contribution in [2.75, 3.05) is 18.4 Å². The number of rotatable bonds is 5. The van der Waals surface area contributed by atoms with Crippen molar-refractivity contribution in [3.8, 4) is 0 Å². The molecule has 0 saturated carbocycles. The Morgan fingerprint density at radius 1 is 1.08 bits per heavy atom. The van der Waals surface area contributed by atoms with Crippen molar-refractivity contribution in [1.29, 1.82) is 0 Å². The van der Waals surface area contributed by atoms with E-state index < -0.39 is 0 Å². The fourth-order valence-corrected chi connectivity index (χ4v) is 3.69. The number of nitrogens with one attached hydrogen (secondary N) is 1. The van der Waals surface area contributed by atoms with Gasteiger partial charge in [-0.1, -0.05) is 47.5 Å². The van der Waals surface area contributed by atoms with Gasteiger partial charge in [-0.3, -0.25) is 4.90 Å². The van der Waals surface area contributed by atoms with Crippen LogP contribution in [0.25, 0.3) is 0 Å². The van der Waals surface area contributed by atoms with Gasteiger partial charge >= 0.3 is 0 Å². The summed E-state index contributed by atoms with van der Waals surface area (Å²) in [7, 11) is 0. The summed E-state index contributed by atoms with van der Waals surface area (Å²) < 4.78 is 0. The summed E-state index contributed by atoms with van der Waals surface area (Å²) in [5.41, 5.74) is 6.48. The van der Waals surface area contributed by atoms with Gasteiger partial charge in [0.25, 0.3) is 0 Å². The first-order valence-corrected chi connectivity index (χ1v) is 9.34. The lowest BCUT2D eigenvalue weighted by Crippen LogP contribution is -2.35. The average Bonchev–Trinajstić information content (AvgIpc) is 2.58. The number of nitrogens with zero attached hydrogens (tertiary/aromatic N) is 1. The first-order chi connectivity index (χ1) is 12.0. The maximum atomic E-state index is 9.70. The van der Waals surface area contributed by atoms with Crippen molar-refractivity contribution < 1.29 is 5.11 Å². The van der Waals surface area contributed by atoms with E-state index >= 15 is 0 Å². The minimum absolute atomic E-state index is 0.116. The molecule has 1 aliphatic rings. The summed E-state index contributed by atoms with van der Waals surface area (Å²) in [6.07, 6.45) is 1.65. The van der Waals surface area contributed by atoms with E-state index in [1.807, 2.05) is 0 Å². The zero-order valence-electron chi connectivity index (χ0n) is 15.6. The van der Waals surface area contributed by atoms with Crippen LogP contribution in [0.15, 0.2) is 42.5 Å². The van der Waals surface area contributed by atoms with Crippen LogP contribution in [-0.2, 0) is 6.54 Å². The first-order valence-electron chi connectivity index (χ1n) is 9.34. The lowest BCUT2D eigenvalue weighted by molar-refractivity contribution is 0.0793. The summed E-state index contributed by atoms with van der Waals surface area (Å²) in [5.74, 6) is 0. The van der Waals surface area contributed by atoms with Crippen LogP contribution in [0.4, 0.5) is 5.69 Å². The van der Waals surface area contributed by atoms with Gasteiger partial charge in [0.15, 0.2) is 0 Å². The predicted molar refractivity (Wildman–Crippen MR) is 105 cm³/mol. The molecule has 3 nitrogen and oxygen atoms in total. The number of benzene rings is 2. The Kier molecular flexibility index (Phi) is 5.77. The molecule has 0 aliphatic carbocycles. The molecule has 3 rings (SSSR count). The first kappa shape index (κ1) is 18.0. The van der Waals surface area contributed by atoms with Crippen molar-refractivity contribution in [1.82, 2.24) is 4.90 Å². The molecule has 25 heavy (non-hydrogen) atoms. The van der Waals surface area contributed by atoms with Gasteiger partial charge in [-0.25, -0.2) is 0 Å². The Labute approximate surface area is 151 Å². The van der Waals surface area contributed by atoms with E-state index in [1.54, 1.807) is 0 Å². The smallest absolute Gasteiger partial charge is 0.0564 e. The lowest BCUT2D eigenvalue weighted by atomic mass is 10.0. The summed E-state index contributed by atoms with van der Waals surface area (Å²) >= 11 is 0. The third-order valence-corrected chi connectivity index (χ3v) is 5.08. The lowest BCUT2D eigenvalue weighted by Gasteiger charge is -2.30. The molecule has 2 aromatic rings. The van der Waals surface area contributed by atoms with Gasteiger partial charge in [0.05, 0.1) is 6.10 Å². The summed E-state index contributed by atoms with van der Waals surface area (Å²) in [5, 5.41) is 13.4. The predicted octanol–water partition coefficient (Wildman–Crippen LogP) is 4.43. The van der Waals surface area contributed by atoms with Gasteiger partial charge in [0, 0.05) is 31.4 Å². The van der Waals surface area contributed by atoms with E-state index in [-0.39, 0.29) is 12.1 Å². The quantitative estimate of drug-likeness (QED) is 0.846. The molecule has 1 heterocycles. The van der Waals surface area contributed by atoms with E-state index in [1.165, 1.54) is 27.9 Å². The zero-order chi connectivity index (χ0) is 17.8. The minimum atomic E-state index is -0.116. The maximum absolute atomic E-state index is 9.70. The Balaban J connectivity index is 1.72. The number of aryl methyl sites for hydroxylation is 2. The zero-order valence-corrected chi connectivity index (χ0v) is 15.6. The summed E-state index contributed by atoms with van der Waals surface area (Å²) in [6.45, 7) is 9.42. The molecule has 0 bridgehead atoms. The summed E-state index contributed by atoms with van der Waals surface area (Å²) in [6, 6.07) is 15.6. The number of hydrogen-bond acceptors (Lipinski definition) is 3. The van der Waals surface area contributed by atoms with Gasteiger partial charge in [-0.15, -0.1) is 0 Å². The topological polar surface area (TPSA) is 35.5 Å². The van der Waals surface area contributed by atoms with Crippen molar-refractivity contribution in [2.45, 2.75) is 52.3 Å². The molecule has 1 saturated heterocycles. The van der Waals surface area contributed by atoms with Gasteiger partial charge in [0.1, 0.15) is 0 Å². The van der Waals surface area contributed by atoms with E-state index in [9.17, 15) is 5.11 Å². The SMILES string of the molecule is Cc1cc(C)cc(C(C)Nc2ccccc2CN2CCC(O)CC2)c1. The Bertz CT molecular complexity index is 685. The van der Waals surface area contributed by atoms with Crippen LogP contribution in [0, 0.1) is 13.8 Å². The van der Waals surface area contributed by atoms with Crippen LogP contribution in [-0.4, -0.2) is 29.2 Å². The van der Waals surface area contributed by atoms with Crippen molar-refractivity contribution in [2.24, 2.45) is 0 Å².